The van der Waals surface area contributed by atoms with Gasteiger partial charge < -0.3 is 9.47 Å². The summed E-state index contributed by atoms with van der Waals surface area (Å²) in [6.07, 6.45) is -2.07. The number of rotatable bonds is 8. The predicted octanol–water partition coefficient (Wildman–Crippen LogP) is 7.15. The number of hydrogen-bond donors (Lipinski definition) is 0. The monoisotopic (exact) mass is 542 g/mol. The summed E-state index contributed by atoms with van der Waals surface area (Å²) >= 11 is 6.51. The van der Waals surface area contributed by atoms with Crippen LogP contribution in [0.5, 0.6) is 17.4 Å². The number of benzene rings is 2. The lowest BCUT2D eigenvalue weighted by Crippen LogP contribution is -2.36. The summed E-state index contributed by atoms with van der Waals surface area (Å²) in [5.74, 6) is 1.05. The topological polar surface area (TPSA) is 77.4 Å². The fourth-order valence-electron chi connectivity index (χ4n) is 3.45. The van der Waals surface area contributed by atoms with Crippen molar-refractivity contribution in [1.29, 1.82) is 0 Å². The number of amides is 1. The standard InChI is InChI=1S/C27H22ClF3N4O3/c1-2-22-24(28)25(34-17-33-22)35(26(36)38-20-6-4-3-5-7-20)15-14-18-8-11-21(12-9-18)37-23-13-10-19(16-32-23)27(29,30)31/h3-13,16-17H,2,14-15H2,1H3. The van der Waals surface area contributed by atoms with Crippen molar-refractivity contribution in [3.63, 3.8) is 0 Å². The van der Waals surface area contributed by atoms with Gasteiger partial charge in [-0.3, -0.25) is 4.90 Å². The Morgan fingerprint density at radius 3 is 2.32 bits per heavy atom. The molecule has 0 saturated carbocycles. The van der Waals surface area contributed by atoms with E-state index in [1.54, 1.807) is 48.5 Å². The van der Waals surface area contributed by atoms with Gasteiger partial charge in [0.05, 0.1) is 11.3 Å². The summed E-state index contributed by atoms with van der Waals surface area (Å²) in [5, 5.41) is 0.271. The second kappa shape index (κ2) is 11.9. The average molecular weight is 543 g/mol. The van der Waals surface area contributed by atoms with Crippen molar-refractivity contribution in [3.8, 4) is 17.4 Å². The number of hydrogen-bond acceptors (Lipinski definition) is 6. The van der Waals surface area contributed by atoms with Crippen molar-refractivity contribution in [1.82, 2.24) is 15.0 Å². The van der Waals surface area contributed by atoms with Gasteiger partial charge >= 0.3 is 12.3 Å². The summed E-state index contributed by atoms with van der Waals surface area (Å²) in [5.41, 5.74) is 0.606. The molecule has 2 aromatic heterocycles. The van der Waals surface area contributed by atoms with Gasteiger partial charge in [0.25, 0.3) is 0 Å². The van der Waals surface area contributed by atoms with Crippen LogP contribution >= 0.6 is 11.6 Å². The lowest BCUT2D eigenvalue weighted by Gasteiger charge is -2.22. The molecule has 4 rings (SSSR count). The van der Waals surface area contributed by atoms with Gasteiger partial charge in [0, 0.05) is 18.8 Å². The molecule has 196 valence electrons. The van der Waals surface area contributed by atoms with E-state index < -0.39 is 17.8 Å². The minimum absolute atomic E-state index is 0.0331. The van der Waals surface area contributed by atoms with Gasteiger partial charge in [-0.2, -0.15) is 13.2 Å². The van der Waals surface area contributed by atoms with Crippen molar-refractivity contribution in [3.05, 3.63) is 101 Å². The molecule has 0 unspecified atom stereocenters. The third kappa shape index (κ3) is 6.77. The molecule has 0 aliphatic rings. The Labute approximate surface area is 221 Å². The molecule has 0 radical (unpaired) electrons. The molecule has 0 atom stereocenters. The SMILES string of the molecule is CCc1ncnc(N(CCc2ccc(Oc3ccc(C(F)(F)F)cn3)cc2)C(=O)Oc2ccccc2)c1Cl. The Morgan fingerprint density at radius 1 is 0.947 bits per heavy atom. The average Bonchev–Trinajstić information content (AvgIpc) is 2.91. The summed E-state index contributed by atoms with van der Waals surface area (Å²) in [4.78, 5) is 26.6. The number of alkyl halides is 3. The number of carbonyl (C=O) groups excluding carboxylic acids is 1. The smallest absolute Gasteiger partial charge is 0.421 e. The molecule has 4 aromatic rings. The van der Waals surface area contributed by atoms with Crippen LogP contribution in [-0.2, 0) is 19.0 Å². The molecule has 1 amide bonds. The number of aryl methyl sites for hydroxylation is 1. The van der Waals surface area contributed by atoms with Crippen LogP contribution in [0.15, 0.2) is 79.3 Å². The highest BCUT2D eigenvalue weighted by atomic mass is 35.5. The normalized spacial score (nSPS) is 11.2. The molecule has 0 bridgehead atoms. The maximum Gasteiger partial charge on any atom is 0.421 e. The highest BCUT2D eigenvalue weighted by Crippen LogP contribution is 2.30. The number of ether oxygens (including phenoxy) is 2. The van der Waals surface area contributed by atoms with Crippen LogP contribution in [0.4, 0.5) is 23.8 Å². The van der Waals surface area contributed by atoms with Crippen LogP contribution in [-0.4, -0.2) is 27.6 Å². The number of para-hydroxylation sites is 1. The van der Waals surface area contributed by atoms with E-state index >= 15 is 0 Å². The fraction of sp³-hybridized carbons (Fsp3) is 0.185. The summed E-state index contributed by atoms with van der Waals surface area (Å²) in [7, 11) is 0. The van der Waals surface area contributed by atoms with Crippen LogP contribution in [0.3, 0.4) is 0 Å². The molecule has 7 nitrogen and oxygen atoms in total. The maximum atomic E-state index is 13.1. The van der Waals surface area contributed by atoms with E-state index in [9.17, 15) is 18.0 Å². The van der Waals surface area contributed by atoms with E-state index in [1.165, 1.54) is 11.2 Å². The first-order valence-corrected chi connectivity index (χ1v) is 12.0. The minimum Gasteiger partial charge on any atom is -0.439 e. The highest BCUT2D eigenvalue weighted by molar-refractivity contribution is 6.34. The second-order valence-electron chi connectivity index (χ2n) is 8.02. The number of aromatic nitrogens is 3. The number of carbonyl (C=O) groups is 1. The van der Waals surface area contributed by atoms with Gasteiger partial charge in [-0.25, -0.2) is 19.7 Å². The molecule has 0 N–H and O–H groups in total. The molecule has 2 aromatic carbocycles. The summed E-state index contributed by atoms with van der Waals surface area (Å²) in [6, 6.07) is 17.6. The third-order valence-electron chi connectivity index (χ3n) is 5.44. The third-order valence-corrected chi connectivity index (χ3v) is 5.82. The Kier molecular flexibility index (Phi) is 8.42. The van der Waals surface area contributed by atoms with Crippen LogP contribution in [0.2, 0.25) is 5.02 Å². The minimum atomic E-state index is -4.47. The van der Waals surface area contributed by atoms with Crippen molar-refractivity contribution in [2.45, 2.75) is 25.9 Å². The van der Waals surface area contributed by atoms with Crippen LogP contribution in [0, 0.1) is 0 Å². The van der Waals surface area contributed by atoms with E-state index in [1.807, 2.05) is 13.0 Å². The van der Waals surface area contributed by atoms with Gasteiger partial charge in [0.15, 0.2) is 5.82 Å². The predicted molar refractivity (Wildman–Crippen MR) is 136 cm³/mol. The lowest BCUT2D eigenvalue weighted by atomic mass is 10.1. The fourth-order valence-corrected chi connectivity index (χ4v) is 3.79. The van der Waals surface area contributed by atoms with Gasteiger partial charge in [-0.15, -0.1) is 0 Å². The van der Waals surface area contributed by atoms with Crippen LogP contribution < -0.4 is 14.4 Å². The van der Waals surface area contributed by atoms with Gasteiger partial charge in [-0.1, -0.05) is 48.9 Å². The molecule has 0 spiro atoms. The molecular formula is C27H22ClF3N4O3. The largest absolute Gasteiger partial charge is 0.439 e. The second-order valence-corrected chi connectivity index (χ2v) is 8.40. The van der Waals surface area contributed by atoms with E-state index in [0.717, 1.165) is 23.9 Å². The zero-order valence-corrected chi connectivity index (χ0v) is 20.9. The number of halogens is 4. The van der Waals surface area contributed by atoms with Gasteiger partial charge in [0.1, 0.15) is 22.8 Å². The van der Waals surface area contributed by atoms with Crippen molar-refractivity contribution in [2.75, 3.05) is 11.4 Å². The Morgan fingerprint density at radius 2 is 1.68 bits per heavy atom. The molecule has 0 aliphatic heterocycles. The summed E-state index contributed by atoms with van der Waals surface area (Å²) in [6.45, 7) is 2.10. The number of anilines is 1. The van der Waals surface area contributed by atoms with Crippen LogP contribution in [0.25, 0.3) is 0 Å². The zero-order valence-electron chi connectivity index (χ0n) is 20.2. The van der Waals surface area contributed by atoms with Crippen molar-refractivity contribution < 1.29 is 27.4 Å². The molecule has 0 aliphatic carbocycles. The van der Waals surface area contributed by atoms with E-state index in [2.05, 4.69) is 15.0 Å². The Hall–Kier alpha value is -4.18. The highest BCUT2D eigenvalue weighted by Gasteiger charge is 2.30. The zero-order chi connectivity index (χ0) is 27.1. The van der Waals surface area contributed by atoms with E-state index in [4.69, 9.17) is 21.1 Å². The molecule has 0 fully saturated rings. The molecule has 2 heterocycles. The van der Waals surface area contributed by atoms with Gasteiger partial charge in [0.2, 0.25) is 5.88 Å². The van der Waals surface area contributed by atoms with E-state index in [0.29, 0.717) is 30.0 Å². The lowest BCUT2D eigenvalue weighted by molar-refractivity contribution is -0.137. The first-order chi connectivity index (χ1) is 18.2. The Bertz CT molecular complexity index is 1370. The van der Waals surface area contributed by atoms with Crippen molar-refractivity contribution in [2.24, 2.45) is 0 Å². The first-order valence-electron chi connectivity index (χ1n) is 11.6. The quantitative estimate of drug-likeness (QED) is 0.235. The summed E-state index contributed by atoms with van der Waals surface area (Å²) < 4.78 is 49.2. The first kappa shape index (κ1) is 26.9. The van der Waals surface area contributed by atoms with Gasteiger partial charge in [-0.05, 0) is 48.7 Å². The Balaban J connectivity index is 1.47. The number of nitrogens with zero attached hydrogens (tertiary/aromatic N) is 4. The molecule has 11 heteroatoms. The maximum absolute atomic E-state index is 13.1. The van der Waals surface area contributed by atoms with Crippen molar-refractivity contribution >= 4 is 23.5 Å². The molecule has 38 heavy (non-hydrogen) atoms. The van der Waals surface area contributed by atoms with E-state index in [-0.39, 0.29) is 23.3 Å². The van der Waals surface area contributed by atoms with Crippen LogP contribution in [0.1, 0.15) is 23.7 Å². The number of pyridine rings is 1. The molecule has 0 saturated heterocycles. The molecular weight excluding hydrogens is 521 g/mol.